The van der Waals surface area contributed by atoms with Crippen LogP contribution in [0, 0.1) is 5.92 Å². The van der Waals surface area contributed by atoms with Crippen LogP contribution in [0.15, 0.2) is 0 Å². The molecule has 0 radical (unpaired) electrons. The number of aliphatic carboxylic acids is 1. The molecular formula is C11H19N3O5. The van der Waals surface area contributed by atoms with Crippen LogP contribution in [0.3, 0.4) is 0 Å². The van der Waals surface area contributed by atoms with E-state index in [1.807, 2.05) is 0 Å². The second-order valence-electron chi connectivity index (χ2n) is 4.32. The third-order valence-corrected chi connectivity index (χ3v) is 2.65. The Labute approximate surface area is 110 Å². The Morgan fingerprint density at radius 3 is 2.58 bits per heavy atom. The van der Waals surface area contributed by atoms with Crippen molar-refractivity contribution in [3.63, 3.8) is 0 Å². The van der Waals surface area contributed by atoms with Crippen molar-refractivity contribution in [1.29, 1.82) is 0 Å². The molecule has 4 N–H and O–H groups in total. The summed E-state index contributed by atoms with van der Waals surface area (Å²) in [6.45, 7) is 1.20. The lowest BCUT2D eigenvalue weighted by Gasteiger charge is -2.22. The fraction of sp³-hybridized carbons (Fsp3) is 0.727. The van der Waals surface area contributed by atoms with Crippen molar-refractivity contribution < 1.29 is 24.2 Å². The van der Waals surface area contributed by atoms with E-state index in [-0.39, 0.29) is 6.54 Å². The predicted molar refractivity (Wildman–Crippen MR) is 65.6 cm³/mol. The van der Waals surface area contributed by atoms with Gasteiger partial charge in [-0.05, 0) is 18.8 Å². The number of carboxylic acid groups (broad SMARTS) is 1. The van der Waals surface area contributed by atoms with Gasteiger partial charge < -0.3 is 25.8 Å². The first-order chi connectivity index (χ1) is 9.08. The summed E-state index contributed by atoms with van der Waals surface area (Å²) in [5, 5.41) is 15.5. The van der Waals surface area contributed by atoms with Gasteiger partial charge in [0, 0.05) is 13.2 Å². The standard InChI is InChI=1S/C11H19N3O5/c15-9(12-6-10(16)17)5-14-11(18)13-4-8-2-1-3-19-7-8/h8H,1-7H2,(H,12,15)(H,16,17)(H2,13,14,18). The molecule has 1 heterocycles. The number of nitrogens with one attached hydrogen (secondary N) is 3. The number of ether oxygens (including phenoxy) is 1. The minimum atomic E-state index is -1.13. The van der Waals surface area contributed by atoms with Crippen LogP contribution in [-0.2, 0) is 14.3 Å². The predicted octanol–water partition coefficient (Wildman–Crippen LogP) is -1.09. The van der Waals surface area contributed by atoms with E-state index in [0.717, 1.165) is 19.4 Å². The fourth-order valence-electron chi connectivity index (χ4n) is 1.67. The Bertz CT molecular complexity index is 328. The highest BCUT2D eigenvalue weighted by Gasteiger charge is 2.14. The van der Waals surface area contributed by atoms with E-state index in [9.17, 15) is 14.4 Å². The van der Waals surface area contributed by atoms with Crippen molar-refractivity contribution in [3.05, 3.63) is 0 Å². The molecule has 19 heavy (non-hydrogen) atoms. The summed E-state index contributed by atoms with van der Waals surface area (Å²) in [7, 11) is 0. The number of rotatable bonds is 6. The molecule has 1 fully saturated rings. The van der Waals surface area contributed by atoms with Crippen LogP contribution in [-0.4, -0.2) is 55.9 Å². The Hall–Kier alpha value is -1.83. The van der Waals surface area contributed by atoms with Gasteiger partial charge in [-0.25, -0.2) is 4.79 Å². The Balaban J connectivity index is 2.06. The van der Waals surface area contributed by atoms with E-state index in [4.69, 9.17) is 9.84 Å². The lowest BCUT2D eigenvalue weighted by molar-refractivity contribution is -0.137. The van der Waals surface area contributed by atoms with E-state index in [0.29, 0.717) is 19.1 Å². The zero-order valence-corrected chi connectivity index (χ0v) is 10.6. The minimum Gasteiger partial charge on any atom is -0.480 e. The van der Waals surface area contributed by atoms with Gasteiger partial charge in [-0.15, -0.1) is 0 Å². The van der Waals surface area contributed by atoms with Crippen LogP contribution in [0.1, 0.15) is 12.8 Å². The van der Waals surface area contributed by atoms with Gasteiger partial charge in [0.15, 0.2) is 0 Å². The smallest absolute Gasteiger partial charge is 0.322 e. The van der Waals surface area contributed by atoms with Gasteiger partial charge in [-0.1, -0.05) is 0 Å². The van der Waals surface area contributed by atoms with E-state index in [1.165, 1.54) is 0 Å². The van der Waals surface area contributed by atoms with Crippen molar-refractivity contribution in [1.82, 2.24) is 16.0 Å². The highest BCUT2D eigenvalue weighted by Crippen LogP contribution is 2.11. The van der Waals surface area contributed by atoms with Gasteiger partial charge in [-0.3, -0.25) is 9.59 Å². The lowest BCUT2D eigenvalue weighted by atomic mass is 10.0. The van der Waals surface area contributed by atoms with Crippen LogP contribution >= 0.6 is 0 Å². The average Bonchev–Trinajstić information content (AvgIpc) is 2.41. The maximum absolute atomic E-state index is 11.4. The molecule has 108 valence electrons. The number of hydrogen-bond acceptors (Lipinski definition) is 4. The molecule has 0 spiro atoms. The number of urea groups is 1. The normalized spacial score (nSPS) is 18.4. The first kappa shape index (κ1) is 15.2. The summed E-state index contributed by atoms with van der Waals surface area (Å²) < 4.78 is 5.28. The fourth-order valence-corrected chi connectivity index (χ4v) is 1.67. The quantitative estimate of drug-likeness (QED) is 0.491. The number of carboxylic acids is 1. The maximum Gasteiger partial charge on any atom is 0.322 e. The molecule has 3 amide bonds. The molecule has 0 aromatic carbocycles. The molecule has 8 nitrogen and oxygen atoms in total. The van der Waals surface area contributed by atoms with Crippen LogP contribution in [0.2, 0.25) is 0 Å². The second-order valence-corrected chi connectivity index (χ2v) is 4.32. The van der Waals surface area contributed by atoms with E-state index < -0.39 is 24.5 Å². The van der Waals surface area contributed by atoms with Gasteiger partial charge in [0.1, 0.15) is 6.54 Å². The molecule has 8 heteroatoms. The summed E-state index contributed by atoms with van der Waals surface area (Å²) in [6, 6.07) is -0.448. The number of amides is 3. The van der Waals surface area contributed by atoms with Crippen LogP contribution in [0.5, 0.6) is 0 Å². The molecule has 1 rings (SSSR count). The third kappa shape index (κ3) is 7.24. The zero-order valence-electron chi connectivity index (χ0n) is 10.6. The molecule has 1 atom stereocenters. The summed E-state index contributed by atoms with van der Waals surface area (Å²) in [5.41, 5.74) is 0. The topological polar surface area (TPSA) is 117 Å². The van der Waals surface area contributed by atoms with Crippen molar-refractivity contribution in [3.8, 4) is 0 Å². The van der Waals surface area contributed by atoms with Crippen molar-refractivity contribution in [2.24, 2.45) is 5.92 Å². The summed E-state index contributed by atoms with van der Waals surface area (Å²) in [4.78, 5) is 32.7. The molecule has 0 aromatic heterocycles. The SMILES string of the molecule is O=C(O)CNC(=O)CNC(=O)NCC1CCCOC1. The second kappa shape index (κ2) is 8.30. The molecule has 0 saturated carbocycles. The third-order valence-electron chi connectivity index (χ3n) is 2.65. The average molecular weight is 273 g/mol. The number of hydrogen-bond donors (Lipinski definition) is 4. The lowest BCUT2D eigenvalue weighted by Crippen LogP contribution is -2.44. The molecule has 1 unspecified atom stereocenters. The van der Waals surface area contributed by atoms with Crippen molar-refractivity contribution in [2.45, 2.75) is 12.8 Å². The maximum atomic E-state index is 11.4. The molecule has 1 aliphatic rings. The minimum absolute atomic E-state index is 0.250. The van der Waals surface area contributed by atoms with Gasteiger partial charge in [-0.2, -0.15) is 0 Å². The van der Waals surface area contributed by atoms with E-state index in [1.54, 1.807) is 0 Å². The number of carbonyl (C=O) groups is 3. The first-order valence-corrected chi connectivity index (χ1v) is 6.16. The largest absolute Gasteiger partial charge is 0.480 e. The van der Waals surface area contributed by atoms with Gasteiger partial charge >= 0.3 is 12.0 Å². The first-order valence-electron chi connectivity index (χ1n) is 6.16. The molecule has 0 aromatic rings. The molecular weight excluding hydrogens is 254 g/mol. The highest BCUT2D eigenvalue weighted by molar-refractivity contribution is 5.86. The summed E-state index contributed by atoms with van der Waals surface area (Å²) in [5.74, 6) is -1.37. The number of carbonyl (C=O) groups excluding carboxylic acids is 2. The molecule has 0 bridgehead atoms. The summed E-state index contributed by atoms with van der Waals surface area (Å²) in [6.07, 6.45) is 2.00. The Morgan fingerprint density at radius 1 is 1.16 bits per heavy atom. The zero-order chi connectivity index (χ0) is 14.1. The highest BCUT2D eigenvalue weighted by atomic mass is 16.5. The molecule has 1 aliphatic heterocycles. The van der Waals surface area contributed by atoms with E-state index in [2.05, 4.69) is 16.0 Å². The van der Waals surface area contributed by atoms with Crippen molar-refractivity contribution >= 4 is 17.9 Å². The Morgan fingerprint density at radius 2 is 1.95 bits per heavy atom. The molecule has 0 aliphatic carbocycles. The van der Waals surface area contributed by atoms with Gasteiger partial charge in [0.25, 0.3) is 0 Å². The van der Waals surface area contributed by atoms with Crippen LogP contribution in [0.25, 0.3) is 0 Å². The van der Waals surface area contributed by atoms with Crippen LogP contribution in [0.4, 0.5) is 4.79 Å². The molecule has 1 saturated heterocycles. The van der Waals surface area contributed by atoms with Crippen LogP contribution < -0.4 is 16.0 Å². The van der Waals surface area contributed by atoms with Gasteiger partial charge in [0.2, 0.25) is 5.91 Å². The Kier molecular flexibility index (Phi) is 6.65. The van der Waals surface area contributed by atoms with E-state index >= 15 is 0 Å². The summed E-state index contributed by atoms with van der Waals surface area (Å²) >= 11 is 0. The van der Waals surface area contributed by atoms with Gasteiger partial charge in [0.05, 0.1) is 13.2 Å². The monoisotopic (exact) mass is 273 g/mol. The van der Waals surface area contributed by atoms with Crippen molar-refractivity contribution in [2.75, 3.05) is 32.8 Å².